The molecule has 0 aromatic carbocycles. The number of nitrogens with two attached hydrogens (primary N) is 1. The van der Waals surface area contributed by atoms with E-state index in [0.29, 0.717) is 22.0 Å². The fourth-order valence-electron chi connectivity index (χ4n) is 2.79. The largest absolute Gasteiger partial charge is 0.384 e. The quantitative estimate of drug-likeness (QED) is 0.708. The van der Waals surface area contributed by atoms with Crippen molar-refractivity contribution >= 4 is 18.5 Å². The molecule has 3 rings (SSSR count). The summed E-state index contributed by atoms with van der Waals surface area (Å²) in [5, 5.41) is 20.2. The molecular weight excluding hydrogens is 286 g/mol. The summed E-state index contributed by atoms with van der Waals surface area (Å²) < 4.78 is 0. The highest BCUT2D eigenvalue weighted by Crippen LogP contribution is 2.28. The van der Waals surface area contributed by atoms with Crippen molar-refractivity contribution in [2.75, 3.05) is 5.73 Å². The first-order chi connectivity index (χ1) is 11.1. The number of aromatic nitrogens is 2. The monoisotopic (exact) mass is 299 g/mol. The van der Waals surface area contributed by atoms with Gasteiger partial charge in [-0.25, -0.2) is 0 Å². The number of nitrogens with zero attached hydrogens (tertiary/aromatic N) is 3. The molecule has 0 saturated carbocycles. The first-order valence-electron chi connectivity index (χ1n) is 6.93. The highest BCUT2D eigenvalue weighted by atomic mass is 14.9. The van der Waals surface area contributed by atoms with E-state index in [1.807, 2.05) is 25.1 Å². The fourth-order valence-corrected chi connectivity index (χ4v) is 2.79. The Kier molecular flexibility index (Phi) is 3.33. The van der Waals surface area contributed by atoms with Crippen LogP contribution in [-0.2, 0) is 0 Å². The summed E-state index contributed by atoms with van der Waals surface area (Å²) in [5.74, 6) is 0.256. The smallest absolute Gasteiger partial charge is 0.119 e. The van der Waals surface area contributed by atoms with Crippen LogP contribution < -0.4 is 16.2 Å². The molecule has 110 valence electrons. The molecule has 0 bridgehead atoms. The lowest BCUT2D eigenvalue weighted by Gasteiger charge is -2.10. The summed E-state index contributed by atoms with van der Waals surface area (Å²) in [5.41, 5.74) is 9.76. The molecule has 1 aliphatic heterocycles. The highest BCUT2D eigenvalue weighted by molar-refractivity contribution is 5.81. The van der Waals surface area contributed by atoms with Crippen molar-refractivity contribution in [3.8, 4) is 23.4 Å². The van der Waals surface area contributed by atoms with E-state index in [2.05, 4.69) is 28.7 Å². The minimum atomic E-state index is 0.256. The van der Waals surface area contributed by atoms with Crippen molar-refractivity contribution in [3.63, 3.8) is 0 Å². The second-order valence-electron chi connectivity index (χ2n) is 5.21. The van der Waals surface area contributed by atoms with Crippen LogP contribution in [0.1, 0.15) is 22.3 Å². The van der Waals surface area contributed by atoms with E-state index >= 15 is 0 Å². The summed E-state index contributed by atoms with van der Waals surface area (Å²) in [6, 6.07) is 8.03. The van der Waals surface area contributed by atoms with Gasteiger partial charge in [0.1, 0.15) is 18.0 Å². The Bertz CT molecular complexity index is 1060. The van der Waals surface area contributed by atoms with Gasteiger partial charge in [0.15, 0.2) is 0 Å². The number of pyridine rings is 2. The van der Waals surface area contributed by atoms with Crippen molar-refractivity contribution in [1.82, 2.24) is 9.97 Å². The van der Waals surface area contributed by atoms with Crippen LogP contribution in [0.25, 0.3) is 23.9 Å². The van der Waals surface area contributed by atoms with Gasteiger partial charge in [0.05, 0.1) is 16.8 Å². The fraction of sp³-hybridized carbons (Fsp3) is 0.0556. The second kappa shape index (κ2) is 5.32. The van der Waals surface area contributed by atoms with Crippen molar-refractivity contribution in [1.29, 1.82) is 10.5 Å². The Morgan fingerprint density at radius 1 is 1.30 bits per heavy atom. The Balaban J connectivity index is 2.52. The van der Waals surface area contributed by atoms with E-state index in [1.54, 1.807) is 12.4 Å². The number of aromatic amines is 1. The third-order valence-electron chi connectivity index (χ3n) is 3.89. The number of rotatable bonds is 1. The van der Waals surface area contributed by atoms with Crippen molar-refractivity contribution in [3.05, 3.63) is 57.2 Å². The first kappa shape index (κ1) is 14.4. The number of nitrogens with one attached hydrogen (secondary N) is 1. The molecule has 1 aliphatic carbocycles. The van der Waals surface area contributed by atoms with E-state index < -0.39 is 0 Å². The van der Waals surface area contributed by atoms with E-state index in [1.165, 1.54) is 0 Å². The molecule has 1 aromatic heterocycles. The molecule has 0 amide bonds. The number of nitriles is 2. The average Bonchev–Trinajstić information content (AvgIpc) is 2.80. The maximum atomic E-state index is 9.46. The van der Waals surface area contributed by atoms with Gasteiger partial charge in [0, 0.05) is 18.0 Å². The maximum absolute atomic E-state index is 9.46. The molecule has 23 heavy (non-hydrogen) atoms. The van der Waals surface area contributed by atoms with E-state index in [0.717, 1.165) is 21.9 Å². The zero-order valence-electron chi connectivity index (χ0n) is 12.5. The molecule has 5 heteroatoms. The minimum absolute atomic E-state index is 0.256. The van der Waals surface area contributed by atoms with Crippen molar-refractivity contribution < 1.29 is 0 Å². The summed E-state index contributed by atoms with van der Waals surface area (Å²) in [6.07, 6.45) is 5.34. The topological polar surface area (TPSA) is 102 Å². The Morgan fingerprint density at radius 2 is 2.04 bits per heavy atom. The van der Waals surface area contributed by atoms with Crippen LogP contribution >= 0.6 is 0 Å². The maximum Gasteiger partial charge on any atom is 0.119 e. The molecule has 0 radical (unpaired) electrons. The van der Waals surface area contributed by atoms with Gasteiger partial charge in [-0.05, 0) is 40.6 Å². The second-order valence-corrected chi connectivity index (χ2v) is 5.21. The molecule has 2 aliphatic rings. The van der Waals surface area contributed by atoms with Gasteiger partial charge in [-0.3, -0.25) is 4.98 Å². The summed E-state index contributed by atoms with van der Waals surface area (Å²) in [6.45, 7) is 5.86. The predicted octanol–water partition coefficient (Wildman–Crippen LogP) is 1.39. The molecule has 1 aromatic rings. The summed E-state index contributed by atoms with van der Waals surface area (Å²) in [7, 11) is 0. The zero-order chi connectivity index (χ0) is 16.6. The summed E-state index contributed by atoms with van der Waals surface area (Å²) in [4.78, 5) is 7.06. The van der Waals surface area contributed by atoms with Crippen molar-refractivity contribution in [2.45, 2.75) is 6.92 Å². The number of hydrogen-bond acceptors (Lipinski definition) is 4. The van der Waals surface area contributed by atoms with Gasteiger partial charge in [0.2, 0.25) is 0 Å². The van der Waals surface area contributed by atoms with Gasteiger partial charge in [0.25, 0.3) is 0 Å². The van der Waals surface area contributed by atoms with Gasteiger partial charge >= 0.3 is 0 Å². The lowest BCUT2D eigenvalue weighted by Crippen LogP contribution is -2.21. The van der Waals surface area contributed by atoms with Gasteiger partial charge in [-0.1, -0.05) is 12.6 Å². The SMILES string of the molecule is C=c1c(C#N)c2[nH]c(N)c(C#N)c(C)c-2/c1=C\c1cccnc1. The van der Waals surface area contributed by atoms with Crippen LogP contribution in [0.2, 0.25) is 0 Å². The lowest BCUT2D eigenvalue weighted by molar-refractivity contribution is 1.26. The number of nitrogen functional groups attached to an aromatic ring is 1. The predicted molar refractivity (Wildman–Crippen MR) is 88.6 cm³/mol. The minimum Gasteiger partial charge on any atom is -0.384 e. The van der Waals surface area contributed by atoms with Gasteiger partial charge < -0.3 is 10.7 Å². The van der Waals surface area contributed by atoms with Gasteiger partial charge in [-0.15, -0.1) is 0 Å². The number of fused-ring (bicyclic) bond motifs is 1. The Hall–Kier alpha value is -3.57. The first-order valence-corrected chi connectivity index (χ1v) is 6.93. The van der Waals surface area contributed by atoms with Crippen LogP contribution in [0.15, 0.2) is 24.5 Å². The molecule has 0 atom stereocenters. The Morgan fingerprint density at radius 3 is 2.65 bits per heavy atom. The molecule has 3 N–H and O–H groups in total. The molecule has 0 unspecified atom stereocenters. The Labute approximate surface area is 133 Å². The van der Waals surface area contributed by atoms with Crippen LogP contribution in [-0.4, -0.2) is 9.97 Å². The number of H-pyrrole nitrogens is 1. The molecule has 0 spiro atoms. The number of anilines is 1. The lowest BCUT2D eigenvalue weighted by atomic mass is 10.0. The van der Waals surface area contributed by atoms with E-state index in [9.17, 15) is 10.5 Å². The average molecular weight is 299 g/mol. The molecule has 0 saturated heterocycles. The van der Waals surface area contributed by atoms with Crippen LogP contribution in [0.4, 0.5) is 5.82 Å². The van der Waals surface area contributed by atoms with E-state index in [-0.39, 0.29) is 5.82 Å². The third-order valence-corrected chi connectivity index (χ3v) is 3.89. The zero-order valence-corrected chi connectivity index (χ0v) is 12.5. The van der Waals surface area contributed by atoms with E-state index in [4.69, 9.17) is 5.73 Å². The molecule has 0 fully saturated rings. The van der Waals surface area contributed by atoms with Crippen LogP contribution in [0.3, 0.4) is 0 Å². The van der Waals surface area contributed by atoms with Gasteiger partial charge in [-0.2, -0.15) is 10.5 Å². The highest BCUT2D eigenvalue weighted by Gasteiger charge is 2.21. The van der Waals surface area contributed by atoms with Crippen LogP contribution in [0.5, 0.6) is 0 Å². The standard InChI is InChI=1S/C18H13N5/c1-10-13(6-12-4-3-5-22-9-12)16-11(2)15(8-20)18(21)23-17(16)14(10)7-19/h3-6,9,23H,1,21H2,2H3/b13-6-. The van der Waals surface area contributed by atoms with Crippen molar-refractivity contribution in [2.24, 2.45) is 0 Å². The van der Waals surface area contributed by atoms with Crippen LogP contribution in [0, 0.1) is 29.6 Å². The summed E-state index contributed by atoms with van der Waals surface area (Å²) >= 11 is 0. The molecular formula is C18H13N5. The molecule has 2 heterocycles. The third kappa shape index (κ3) is 2.12. The molecule has 5 nitrogen and oxygen atoms in total. The number of hydrogen-bond donors (Lipinski definition) is 2. The normalized spacial score (nSPS) is 11.3.